The van der Waals surface area contributed by atoms with Crippen molar-refractivity contribution in [2.45, 2.75) is 90.1 Å². The van der Waals surface area contributed by atoms with Crippen molar-refractivity contribution in [2.24, 2.45) is 0 Å². The molecule has 0 amide bonds. The Kier molecular flexibility index (Phi) is 11.5. The molecule has 1 aliphatic rings. The van der Waals surface area contributed by atoms with E-state index >= 15 is 0 Å². The fourth-order valence-corrected chi connectivity index (χ4v) is 2.68. The van der Waals surface area contributed by atoms with Gasteiger partial charge in [-0.2, -0.15) is 0 Å². The summed E-state index contributed by atoms with van der Waals surface area (Å²) in [6.07, 6.45) is 16.7. The van der Waals surface area contributed by atoms with Gasteiger partial charge in [0.1, 0.15) is 0 Å². The molecular weight excluding hydrogens is 236 g/mol. The highest BCUT2D eigenvalue weighted by Crippen LogP contribution is 2.13. The minimum Gasteiger partial charge on any atom is -0.379 e. The van der Waals surface area contributed by atoms with Crippen molar-refractivity contribution < 1.29 is 9.47 Å². The van der Waals surface area contributed by atoms with Crippen LogP contribution in [0.1, 0.15) is 84.0 Å². The lowest BCUT2D eigenvalue weighted by Crippen LogP contribution is -2.14. The summed E-state index contributed by atoms with van der Waals surface area (Å²) in [4.78, 5) is 0. The van der Waals surface area contributed by atoms with Gasteiger partial charge in [-0.3, -0.25) is 0 Å². The van der Waals surface area contributed by atoms with Crippen molar-refractivity contribution in [3.05, 3.63) is 0 Å². The number of hydrogen-bond acceptors (Lipinski definition) is 2. The second-order valence-electron chi connectivity index (χ2n) is 5.89. The summed E-state index contributed by atoms with van der Waals surface area (Å²) < 4.78 is 11.2. The van der Waals surface area contributed by atoms with Crippen LogP contribution in [0.4, 0.5) is 0 Å². The first kappa shape index (κ1) is 17.0. The average molecular weight is 270 g/mol. The lowest BCUT2D eigenvalue weighted by Gasteiger charge is -2.09. The maximum absolute atomic E-state index is 5.66. The quantitative estimate of drug-likeness (QED) is 0.433. The SMILES string of the molecule is CCCCCCCCCCCCOC[C@@H]1CCCO1. The summed E-state index contributed by atoms with van der Waals surface area (Å²) in [7, 11) is 0. The monoisotopic (exact) mass is 270 g/mol. The predicted octanol–water partition coefficient (Wildman–Crippen LogP) is 5.10. The molecule has 1 atom stereocenters. The van der Waals surface area contributed by atoms with Gasteiger partial charge in [-0.1, -0.05) is 64.7 Å². The molecule has 0 radical (unpaired) electrons. The molecule has 0 aromatic heterocycles. The van der Waals surface area contributed by atoms with E-state index < -0.39 is 0 Å². The highest BCUT2D eigenvalue weighted by atomic mass is 16.5. The Hall–Kier alpha value is -0.0800. The average Bonchev–Trinajstić information content (AvgIpc) is 2.93. The maximum atomic E-state index is 5.66. The van der Waals surface area contributed by atoms with Crippen LogP contribution < -0.4 is 0 Å². The molecule has 1 rings (SSSR count). The van der Waals surface area contributed by atoms with Gasteiger partial charge in [-0.25, -0.2) is 0 Å². The predicted molar refractivity (Wildman–Crippen MR) is 81.6 cm³/mol. The molecule has 1 fully saturated rings. The Morgan fingerprint density at radius 2 is 1.53 bits per heavy atom. The first-order valence-corrected chi connectivity index (χ1v) is 8.63. The molecule has 0 aliphatic carbocycles. The van der Waals surface area contributed by atoms with Gasteiger partial charge in [0.2, 0.25) is 0 Å². The Bertz CT molecular complexity index is 176. The van der Waals surface area contributed by atoms with E-state index in [0.29, 0.717) is 6.10 Å². The molecule has 1 saturated heterocycles. The fraction of sp³-hybridized carbons (Fsp3) is 1.00. The first-order valence-electron chi connectivity index (χ1n) is 8.63. The van der Waals surface area contributed by atoms with Crippen LogP contribution >= 0.6 is 0 Å². The van der Waals surface area contributed by atoms with Crippen LogP contribution in [-0.4, -0.2) is 25.9 Å². The molecule has 0 bridgehead atoms. The summed E-state index contributed by atoms with van der Waals surface area (Å²) in [6.45, 7) is 4.96. The Balaban J connectivity index is 1.67. The van der Waals surface area contributed by atoms with Crippen molar-refractivity contribution in [1.82, 2.24) is 0 Å². The van der Waals surface area contributed by atoms with E-state index in [-0.39, 0.29) is 0 Å². The molecule has 0 aromatic rings. The highest BCUT2D eigenvalue weighted by Gasteiger charge is 2.14. The summed E-state index contributed by atoms with van der Waals surface area (Å²) in [6, 6.07) is 0. The third-order valence-electron chi connectivity index (χ3n) is 3.97. The van der Waals surface area contributed by atoms with Crippen LogP contribution in [0.25, 0.3) is 0 Å². The zero-order valence-electron chi connectivity index (χ0n) is 13.0. The van der Waals surface area contributed by atoms with E-state index in [4.69, 9.17) is 9.47 Å². The van der Waals surface area contributed by atoms with Crippen LogP contribution in [0.5, 0.6) is 0 Å². The summed E-state index contributed by atoms with van der Waals surface area (Å²) in [5.41, 5.74) is 0. The van der Waals surface area contributed by atoms with Gasteiger partial charge in [-0.15, -0.1) is 0 Å². The minimum atomic E-state index is 0.392. The zero-order chi connectivity index (χ0) is 13.6. The van der Waals surface area contributed by atoms with Gasteiger partial charge in [-0.05, 0) is 19.3 Å². The third kappa shape index (κ3) is 10.4. The molecule has 114 valence electrons. The lowest BCUT2D eigenvalue weighted by atomic mass is 10.1. The normalized spacial score (nSPS) is 19.1. The van der Waals surface area contributed by atoms with E-state index in [9.17, 15) is 0 Å². The maximum Gasteiger partial charge on any atom is 0.0809 e. The van der Waals surface area contributed by atoms with Gasteiger partial charge in [0.25, 0.3) is 0 Å². The van der Waals surface area contributed by atoms with Gasteiger partial charge < -0.3 is 9.47 Å². The molecule has 2 nitrogen and oxygen atoms in total. The second-order valence-corrected chi connectivity index (χ2v) is 5.89. The second kappa shape index (κ2) is 12.9. The summed E-state index contributed by atoms with van der Waals surface area (Å²) in [5.74, 6) is 0. The number of rotatable bonds is 13. The van der Waals surface area contributed by atoms with Gasteiger partial charge in [0.05, 0.1) is 12.7 Å². The van der Waals surface area contributed by atoms with E-state index in [1.165, 1.54) is 77.0 Å². The van der Waals surface area contributed by atoms with Crippen molar-refractivity contribution in [3.8, 4) is 0 Å². The third-order valence-corrected chi connectivity index (χ3v) is 3.97. The molecule has 1 aliphatic heterocycles. The number of ether oxygens (including phenoxy) is 2. The summed E-state index contributed by atoms with van der Waals surface area (Å²) in [5, 5.41) is 0. The number of unbranched alkanes of at least 4 members (excludes halogenated alkanes) is 9. The minimum absolute atomic E-state index is 0.392. The molecular formula is C17H34O2. The molecule has 0 unspecified atom stereocenters. The van der Waals surface area contributed by atoms with E-state index in [1.807, 2.05) is 0 Å². The van der Waals surface area contributed by atoms with Crippen molar-refractivity contribution in [2.75, 3.05) is 19.8 Å². The first-order chi connectivity index (χ1) is 9.43. The topological polar surface area (TPSA) is 18.5 Å². The largest absolute Gasteiger partial charge is 0.379 e. The number of hydrogen-bond donors (Lipinski definition) is 0. The van der Waals surface area contributed by atoms with Crippen molar-refractivity contribution in [3.63, 3.8) is 0 Å². The molecule has 2 heteroatoms. The van der Waals surface area contributed by atoms with E-state index in [2.05, 4.69) is 6.92 Å². The zero-order valence-corrected chi connectivity index (χ0v) is 13.0. The van der Waals surface area contributed by atoms with Crippen LogP contribution in [0, 0.1) is 0 Å². The standard InChI is InChI=1S/C17H34O2/c1-2-3-4-5-6-7-8-9-10-11-14-18-16-17-13-12-15-19-17/h17H,2-16H2,1H3/t17-/m0/s1. The van der Waals surface area contributed by atoms with Crippen LogP contribution in [0.2, 0.25) is 0 Å². The molecule has 1 heterocycles. The Morgan fingerprint density at radius 3 is 2.11 bits per heavy atom. The molecule has 19 heavy (non-hydrogen) atoms. The fourth-order valence-electron chi connectivity index (χ4n) is 2.68. The molecule has 0 spiro atoms. The Labute approximate surface area is 120 Å². The van der Waals surface area contributed by atoms with Crippen molar-refractivity contribution >= 4 is 0 Å². The van der Waals surface area contributed by atoms with Gasteiger partial charge >= 0.3 is 0 Å². The molecule has 0 aromatic carbocycles. The smallest absolute Gasteiger partial charge is 0.0809 e. The lowest BCUT2D eigenvalue weighted by molar-refractivity contribution is 0.0161. The van der Waals surface area contributed by atoms with Gasteiger partial charge in [0, 0.05) is 13.2 Å². The summed E-state index contributed by atoms with van der Waals surface area (Å²) >= 11 is 0. The van der Waals surface area contributed by atoms with E-state index in [1.54, 1.807) is 0 Å². The highest BCUT2D eigenvalue weighted by molar-refractivity contribution is 4.63. The van der Waals surface area contributed by atoms with Crippen LogP contribution in [0.15, 0.2) is 0 Å². The van der Waals surface area contributed by atoms with Crippen LogP contribution in [0.3, 0.4) is 0 Å². The van der Waals surface area contributed by atoms with E-state index in [0.717, 1.165) is 19.8 Å². The van der Waals surface area contributed by atoms with Gasteiger partial charge in [0.15, 0.2) is 0 Å². The molecule has 0 saturated carbocycles. The van der Waals surface area contributed by atoms with Crippen molar-refractivity contribution in [1.29, 1.82) is 0 Å². The molecule has 0 N–H and O–H groups in total. The van der Waals surface area contributed by atoms with Crippen LogP contribution in [-0.2, 0) is 9.47 Å². The Morgan fingerprint density at radius 1 is 0.895 bits per heavy atom.